The highest BCUT2D eigenvalue weighted by Crippen LogP contribution is 2.38. The van der Waals surface area contributed by atoms with Gasteiger partial charge in [0.2, 0.25) is 0 Å². The van der Waals surface area contributed by atoms with Crippen molar-refractivity contribution in [3.63, 3.8) is 0 Å². The summed E-state index contributed by atoms with van der Waals surface area (Å²) in [5.74, 6) is 0. The number of aromatic nitrogens is 1. The maximum absolute atomic E-state index is 9.40. The van der Waals surface area contributed by atoms with Crippen LogP contribution in [0.2, 0.25) is 5.15 Å². The van der Waals surface area contributed by atoms with Crippen LogP contribution in [0.1, 0.15) is 42.6 Å². The largest absolute Gasteiger partial charge is 0.316 e. The molecular formula is C23H26ClN5. The molecule has 0 bridgehead atoms. The molecule has 1 N–H and O–H groups in total. The van der Waals surface area contributed by atoms with Crippen LogP contribution in [0.4, 0.5) is 5.69 Å². The Morgan fingerprint density at radius 3 is 2.93 bits per heavy atom. The second-order valence-electron chi connectivity index (χ2n) is 8.35. The molecule has 4 rings (SSSR count). The minimum absolute atomic E-state index is 0.00305. The van der Waals surface area contributed by atoms with Crippen molar-refractivity contribution < 1.29 is 0 Å². The summed E-state index contributed by atoms with van der Waals surface area (Å²) >= 11 is 6.27. The second-order valence-corrected chi connectivity index (χ2v) is 8.73. The number of hydrazine groups is 1. The van der Waals surface area contributed by atoms with E-state index < -0.39 is 0 Å². The number of benzene rings is 1. The summed E-state index contributed by atoms with van der Waals surface area (Å²) in [5, 5.41) is 18.0. The van der Waals surface area contributed by atoms with Gasteiger partial charge >= 0.3 is 0 Å². The Balaban J connectivity index is 1.71. The normalized spacial score (nSPS) is 24.0. The number of pyridine rings is 1. The minimum atomic E-state index is 0.00305. The van der Waals surface area contributed by atoms with Crippen LogP contribution in [0, 0.1) is 23.7 Å². The molecule has 1 fully saturated rings. The van der Waals surface area contributed by atoms with Crippen molar-refractivity contribution >= 4 is 17.3 Å². The molecule has 2 unspecified atom stereocenters. The van der Waals surface area contributed by atoms with Crippen molar-refractivity contribution in [2.45, 2.75) is 32.7 Å². The first-order chi connectivity index (χ1) is 14.0. The average Bonchev–Trinajstić information content (AvgIpc) is 3.10. The smallest absolute Gasteiger partial charge is 0.129 e. The lowest BCUT2D eigenvalue weighted by molar-refractivity contribution is 0.160. The van der Waals surface area contributed by atoms with Crippen molar-refractivity contribution in [2.24, 2.45) is 5.41 Å². The molecule has 1 saturated heterocycles. The molecule has 1 aromatic heterocycles. The zero-order valence-electron chi connectivity index (χ0n) is 16.9. The number of piperidine rings is 1. The molecule has 2 aliphatic rings. The van der Waals surface area contributed by atoms with Gasteiger partial charge in [-0.1, -0.05) is 24.6 Å². The van der Waals surface area contributed by atoms with E-state index >= 15 is 0 Å². The maximum atomic E-state index is 9.40. The van der Waals surface area contributed by atoms with Crippen molar-refractivity contribution in [1.82, 2.24) is 15.3 Å². The van der Waals surface area contributed by atoms with Crippen LogP contribution in [-0.2, 0) is 0 Å². The van der Waals surface area contributed by atoms with Gasteiger partial charge in [0.15, 0.2) is 0 Å². The van der Waals surface area contributed by atoms with E-state index in [0.717, 1.165) is 36.6 Å². The summed E-state index contributed by atoms with van der Waals surface area (Å²) in [7, 11) is 0. The molecule has 3 heterocycles. The zero-order valence-corrected chi connectivity index (χ0v) is 17.7. The molecule has 2 aliphatic heterocycles. The van der Waals surface area contributed by atoms with E-state index in [1.165, 1.54) is 12.8 Å². The molecule has 0 radical (unpaired) electrons. The van der Waals surface area contributed by atoms with E-state index in [1.54, 1.807) is 0 Å². The highest BCUT2D eigenvalue weighted by Gasteiger charge is 2.35. The number of hydrogen-bond donors (Lipinski definition) is 1. The van der Waals surface area contributed by atoms with Crippen LogP contribution in [0.5, 0.6) is 0 Å². The van der Waals surface area contributed by atoms with Crippen LogP contribution in [0.15, 0.2) is 48.7 Å². The average molecular weight is 408 g/mol. The molecule has 1 aromatic carbocycles. The number of anilines is 1. The Hall–Kier alpha value is -2.55. The number of halogens is 1. The van der Waals surface area contributed by atoms with E-state index in [1.807, 2.05) is 31.2 Å². The lowest BCUT2D eigenvalue weighted by atomic mass is 9.82. The van der Waals surface area contributed by atoms with Gasteiger partial charge in [-0.2, -0.15) is 5.26 Å². The zero-order chi connectivity index (χ0) is 20.4. The van der Waals surface area contributed by atoms with Crippen LogP contribution < -0.4 is 10.3 Å². The van der Waals surface area contributed by atoms with Gasteiger partial charge in [0, 0.05) is 25.0 Å². The van der Waals surface area contributed by atoms with Gasteiger partial charge in [-0.25, -0.2) is 4.98 Å². The first kappa shape index (κ1) is 19.8. The van der Waals surface area contributed by atoms with Crippen LogP contribution in [-0.4, -0.2) is 29.6 Å². The third-order valence-electron chi connectivity index (χ3n) is 5.74. The van der Waals surface area contributed by atoms with Crippen LogP contribution >= 0.6 is 11.6 Å². The molecule has 0 amide bonds. The molecule has 0 aliphatic carbocycles. The predicted molar refractivity (Wildman–Crippen MR) is 116 cm³/mol. The fraction of sp³-hybridized carbons (Fsp3) is 0.391. The van der Waals surface area contributed by atoms with Gasteiger partial charge in [0.1, 0.15) is 5.15 Å². The third kappa shape index (κ3) is 4.24. The number of hydrogen-bond acceptors (Lipinski definition) is 5. The number of nitrogens with one attached hydrogen (secondary N) is 1. The van der Waals surface area contributed by atoms with Gasteiger partial charge in [-0.3, -0.25) is 10.0 Å². The highest BCUT2D eigenvalue weighted by atomic mass is 35.5. The van der Waals surface area contributed by atoms with Gasteiger partial charge in [0.25, 0.3) is 0 Å². The lowest BCUT2D eigenvalue weighted by Gasteiger charge is -2.43. The van der Waals surface area contributed by atoms with Crippen molar-refractivity contribution in [2.75, 3.05) is 24.6 Å². The third-order valence-corrected chi connectivity index (χ3v) is 5.93. The quantitative estimate of drug-likeness (QED) is 0.751. The maximum Gasteiger partial charge on any atom is 0.129 e. The Morgan fingerprint density at radius 1 is 1.34 bits per heavy atom. The van der Waals surface area contributed by atoms with E-state index in [0.29, 0.717) is 10.7 Å². The van der Waals surface area contributed by atoms with Crippen LogP contribution in [0.25, 0.3) is 0 Å². The molecule has 29 heavy (non-hydrogen) atoms. The molecule has 2 aromatic rings. The number of nitrogens with zero attached hydrogens (tertiary/aromatic N) is 4. The van der Waals surface area contributed by atoms with Crippen LogP contribution in [0.3, 0.4) is 0 Å². The molecule has 150 valence electrons. The second kappa shape index (κ2) is 8.06. The number of nitriles is 1. The number of aryl methyl sites for hydroxylation is 1. The number of rotatable bonds is 4. The summed E-state index contributed by atoms with van der Waals surface area (Å²) in [5.41, 5.74) is 3.83. The Labute approximate surface area is 177 Å². The standard InChI is InChI=1S/C23H26ClN5/c1-17-11-19(13-22(24)27-17)21-7-10-28(16-23(2)8-4-9-26-15-23)29(21)20-6-3-5-18(12-20)14-25/h3,5-7,10-13,21,26H,4,8-9,15-16H2,1-2H3. The highest BCUT2D eigenvalue weighted by molar-refractivity contribution is 6.29. The van der Waals surface area contributed by atoms with Crippen molar-refractivity contribution in [1.29, 1.82) is 5.26 Å². The Morgan fingerprint density at radius 2 is 2.21 bits per heavy atom. The summed E-state index contributed by atoms with van der Waals surface area (Å²) in [6, 6.07) is 14.1. The fourth-order valence-corrected chi connectivity index (χ4v) is 4.63. The van der Waals surface area contributed by atoms with E-state index in [2.05, 4.69) is 57.7 Å². The van der Waals surface area contributed by atoms with E-state index in [-0.39, 0.29) is 11.5 Å². The van der Waals surface area contributed by atoms with Crippen molar-refractivity contribution in [3.05, 3.63) is 70.6 Å². The van der Waals surface area contributed by atoms with Gasteiger partial charge in [-0.05, 0) is 73.7 Å². The summed E-state index contributed by atoms with van der Waals surface area (Å²) in [6.07, 6.45) is 6.75. The van der Waals surface area contributed by atoms with E-state index in [4.69, 9.17) is 11.6 Å². The summed E-state index contributed by atoms with van der Waals surface area (Å²) in [6.45, 7) is 7.31. The van der Waals surface area contributed by atoms with Crippen molar-refractivity contribution in [3.8, 4) is 6.07 Å². The summed E-state index contributed by atoms with van der Waals surface area (Å²) in [4.78, 5) is 4.31. The molecule has 6 heteroatoms. The molecule has 0 saturated carbocycles. The SMILES string of the molecule is Cc1cc(C2C=CN(CC3(C)CCCNC3)N2c2cccc(C#N)c2)cc(Cl)n1. The molecular weight excluding hydrogens is 382 g/mol. The first-order valence-electron chi connectivity index (χ1n) is 10.1. The minimum Gasteiger partial charge on any atom is -0.316 e. The topological polar surface area (TPSA) is 55.2 Å². The predicted octanol–water partition coefficient (Wildman–Crippen LogP) is 4.60. The molecule has 5 nitrogen and oxygen atoms in total. The molecule has 0 spiro atoms. The summed E-state index contributed by atoms with van der Waals surface area (Å²) < 4.78 is 0. The van der Waals surface area contributed by atoms with Gasteiger partial charge in [0.05, 0.1) is 23.4 Å². The Kier molecular flexibility index (Phi) is 5.49. The van der Waals surface area contributed by atoms with E-state index in [9.17, 15) is 5.26 Å². The van der Waals surface area contributed by atoms with Gasteiger partial charge in [-0.15, -0.1) is 0 Å². The molecule has 2 atom stereocenters. The van der Waals surface area contributed by atoms with Gasteiger partial charge < -0.3 is 5.32 Å². The Bertz CT molecular complexity index is 938. The first-order valence-corrected chi connectivity index (χ1v) is 10.4. The lowest BCUT2D eigenvalue weighted by Crippen LogP contribution is -2.48. The monoisotopic (exact) mass is 407 g/mol. The fourth-order valence-electron chi connectivity index (χ4n) is 4.37.